The van der Waals surface area contributed by atoms with Gasteiger partial charge in [-0.3, -0.25) is 4.57 Å². The largest absolute Gasteiger partial charge is 0.361 e. The molecule has 0 aliphatic heterocycles. The van der Waals surface area contributed by atoms with Gasteiger partial charge in [0.15, 0.2) is 0 Å². The number of fused-ring (bicyclic) bond motifs is 1. The molecule has 0 saturated heterocycles. The third kappa shape index (κ3) is 1.66. The third-order valence-electron chi connectivity index (χ3n) is 1.46. The van der Waals surface area contributed by atoms with E-state index < -0.39 is 0 Å². The van der Waals surface area contributed by atoms with Crippen LogP contribution in [0.15, 0.2) is 36.5 Å². The molecule has 55 valence electrons. The Labute approximate surface area is 66.9 Å². The third-order valence-corrected chi connectivity index (χ3v) is 1.46. The number of rotatable bonds is 0. The summed E-state index contributed by atoms with van der Waals surface area (Å²) in [5.41, 5.74) is 1.21. The van der Waals surface area contributed by atoms with Gasteiger partial charge in [-0.25, -0.2) is 0 Å². The predicted molar refractivity (Wildman–Crippen MR) is 45.9 cm³/mol. The molecule has 0 spiro atoms. The van der Waals surface area contributed by atoms with Gasteiger partial charge in [0.05, 0.1) is 0 Å². The minimum absolute atomic E-state index is 1.21. The topological polar surface area (TPSA) is 32.9 Å². The lowest BCUT2D eigenvalue weighted by molar-refractivity contribution is 0.607. The van der Waals surface area contributed by atoms with Crippen molar-refractivity contribution >= 4 is 20.0 Å². The second-order valence-electron chi connectivity index (χ2n) is 2.06. The highest BCUT2D eigenvalue weighted by atomic mass is 31.0. The van der Waals surface area contributed by atoms with Crippen LogP contribution in [0.2, 0.25) is 0 Å². The molecular weight excluding hydrogens is 157 g/mol. The average molecular weight is 164 g/mol. The summed E-state index contributed by atoms with van der Waals surface area (Å²) in [5.74, 6) is 0. The Morgan fingerprint density at radius 1 is 1.09 bits per heavy atom. The Bertz CT molecular complexity index is 301. The number of nitrogens with one attached hydrogen (secondary N) is 1. The summed E-state index contributed by atoms with van der Waals surface area (Å²) in [5, 5.41) is 1.28. The molecule has 0 amide bonds. The first-order valence-electron chi connectivity index (χ1n) is 3.17. The lowest BCUT2D eigenvalue weighted by atomic mass is 10.3. The van der Waals surface area contributed by atoms with Crippen molar-refractivity contribution in [1.82, 2.24) is 4.98 Å². The minimum Gasteiger partial charge on any atom is -0.361 e. The summed E-state index contributed by atoms with van der Waals surface area (Å²) < 4.78 is 7.94. The van der Waals surface area contributed by atoms with Crippen LogP contribution < -0.4 is 0 Å². The summed E-state index contributed by atoms with van der Waals surface area (Å²) in [6, 6.07) is 10.3. The van der Waals surface area contributed by atoms with E-state index in [0.29, 0.717) is 0 Å². The Kier molecular flexibility index (Phi) is 2.82. The smallest absolute Gasteiger partial charge is 0.261 e. The van der Waals surface area contributed by atoms with E-state index in [4.69, 9.17) is 4.57 Å². The van der Waals surface area contributed by atoms with Gasteiger partial charge in [-0.2, -0.15) is 0 Å². The Balaban J connectivity index is 0.000000281. The van der Waals surface area contributed by atoms with Gasteiger partial charge in [-0.1, -0.05) is 18.2 Å². The molecule has 2 rings (SSSR count). The molecule has 0 atom stereocenters. The fraction of sp³-hybridized carbons (Fsp3) is 0. The highest BCUT2D eigenvalue weighted by Gasteiger charge is 1.86. The van der Waals surface area contributed by atoms with Gasteiger partial charge in [0.1, 0.15) is 0 Å². The SMILES string of the molecule is O=[P].c1ccc2[nH]ccc2c1. The maximum atomic E-state index is 7.94. The van der Waals surface area contributed by atoms with Gasteiger partial charge < -0.3 is 4.98 Å². The van der Waals surface area contributed by atoms with Crippen LogP contribution >= 0.6 is 9.12 Å². The van der Waals surface area contributed by atoms with Crippen LogP contribution in [0.3, 0.4) is 0 Å². The van der Waals surface area contributed by atoms with Gasteiger partial charge in [0, 0.05) is 11.7 Å². The summed E-state index contributed by atoms with van der Waals surface area (Å²) in [4.78, 5) is 3.12. The van der Waals surface area contributed by atoms with Crippen LogP contribution in [0.4, 0.5) is 0 Å². The van der Waals surface area contributed by atoms with E-state index in [1.54, 1.807) is 0 Å². The molecule has 0 aliphatic carbocycles. The molecule has 3 heteroatoms. The van der Waals surface area contributed by atoms with E-state index in [9.17, 15) is 0 Å². The van der Waals surface area contributed by atoms with Crippen LogP contribution in [-0.4, -0.2) is 4.98 Å². The lowest BCUT2D eigenvalue weighted by Gasteiger charge is -1.83. The van der Waals surface area contributed by atoms with Crippen molar-refractivity contribution in [3.63, 3.8) is 0 Å². The summed E-state index contributed by atoms with van der Waals surface area (Å²) in [7, 11) is 2.28. The predicted octanol–water partition coefficient (Wildman–Crippen LogP) is 2.91. The van der Waals surface area contributed by atoms with Crippen molar-refractivity contribution in [3.05, 3.63) is 36.5 Å². The van der Waals surface area contributed by atoms with E-state index in [2.05, 4.69) is 32.3 Å². The zero-order valence-corrected chi connectivity index (χ0v) is 6.71. The molecule has 1 aromatic heterocycles. The van der Waals surface area contributed by atoms with Crippen molar-refractivity contribution in [1.29, 1.82) is 0 Å². The van der Waals surface area contributed by atoms with Crippen molar-refractivity contribution in [2.75, 3.05) is 0 Å². The molecule has 11 heavy (non-hydrogen) atoms. The Morgan fingerprint density at radius 3 is 2.55 bits per heavy atom. The molecule has 0 fully saturated rings. The maximum Gasteiger partial charge on any atom is 0.261 e. The van der Waals surface area contributed by atoms with Gasteiger partial charge >= 0.3 is 0 Å². The number of hydrogen-bond acceptors (Lipinski definition) is 1. The fourth-order valence-electron chi connectivity index (χ4n) is 0.995. The second-order valence-corrected chi connectivity index (χ2v) is 2.06. The Hall–Kier alpha value is -1.14. The second kappa shape index (κ2) is 3.89. The van der Waals surface area contributed by atoms with Gasteiger partial charge in [-0.05, 0) is 17.5 Å². The molecule has 2 aromatic rings. The maximum absolute atomic E-state index is 7.94. The number of aromatic amines is 1. The standard InChI is InChI=1S/C8H7N.OP/c1-2-4-8-7(3-1)5-6-9-8;1-2/h1-6,9H;. The molecule has 1 heterocycles. The lowest BCUT2D eigenvalue weighted by Crippen LogP contribution is -1.61. The average Bonchev–Trinajstić information content (AvgIpc) is 2.55. The van der Waals surface area contributed by atoms with Gasteiger partial charge in [0.25, 0.3) is 9.12 Å². The zero-order chi connectivity index (χ0) is 8.10. The summed E-state index contributed by atoms with van der Waals surface area (Å²) >= 11 is 0. The number of H-pyrrole nitrogens is 1. The molecular formula is C8H7NOP. The number of benzene rings is 1. The van der Waals surface area contributed by atoms with Crippen molar-refractivity contribution in [2.24, 2.45) is 0 Å². The van der Waals surface area contributed by atoms with Gasteiger partial charge in [-0.15, -0.1) is 0 Å². The number of aromatic nitrogens is 1. The molecule has 0 aliphatic rings. The monoisotopic (exact) mass is 164 g/mol. The zero-order valence-electron chi connectivity index (χ0n) is 5.82. The first-order valence-corrected chi connectivity index (χ1v) is 3.54. The number of hydrogen-bond donors (Lipinski definition) is 1. The molecule has 0 unspecified atom stereocenters. The summed E-state index contributed by atoms with van der Waals surface area (Å²) in [6.45, 7) is 0. The van der Waals surface area contributed by atoms with E-state index >= 15 is 0 Å². The highest BCUT2D eigenvalue weighted by Crippen LogP contribution is 2.09. The quantitative estimate of drug-likeness (QED) is 0.596. The Morgan fingerprint density at radius 2 is 1.82 bits per heavy atom. The minimum atomic E-state index is 1.21. The highest BCUT2D eigenvalue weighted by molar-refractivity contribution is 7.00. The summed E-state index contributed by atoms with van der Waals surface area (Å²) in [6.07, 6.45) is 1.95. The van der Waals surface area contributed by atoms with Crippen molar-refractivity contribution in [2.45, 2.75) is 0 Å². The fourth-order valence-corrected chi connectivity index (χ4v) is 0.995. The van der Waals surface area contributed by atoms with Gasteiger partial charge in [0.2, 0.25) is 0 Å². The first-order chi connectivity index (χ1) is 5.47. The first kappa shape index (κ1) is 7.96. The van der Waals surface area contributed by atoms with E-state index in [1.165, 1.54) is 10.9 Å². The van der Waals surface area contributed by atoms with Crippen LogP contribution in [0.1, 0.15) is 0 Å². The van der Waals surface area contributed by atoms with E-state index in [0.717, 1.165) is 0 Å². The molecule has 1 aromatic carbocycles. The van der Waals surface area contributed by atoms with E-state index in [-0.39, 0.29) is 0 Å². The number of para-hydroxylation sites is 1. The molecule has 0 bridgehead atoms. The van der Waals surface area contributed by atoms with Crippen LogP contribution in [-0.2, 0) is 4.57 Å². The van der Waals surface area contributed by atoms with Crippen molar-refractivity contribution in [3.8, 4) is 0 Å². The molecule has 2 nitrogen and oxygen atoms in total. The van der Waals surface area contributed by atoms with Crippen LogP contribution in [0.5, 0.6) is 0 Å². The molecule has 1 radical (unpaired) electrons. The normalized spacial score (nSPS) is 8.73. The van der Waals surface area contributed by atoms with Crippen molar-refractivity contribution < 1.29 is 4.57 Å². The molecule has 1 N–H and O–H groups in total. The van der Waals surface area contributed by atoms with E-state index in [1.807, 2.05) is 18.3 Å². The van der Waals surface area contributed by atoms with Crippen LogP contribution in [0, 0.1) is 0 Å². The molecule has 0 saturated carbocycles. The van der Waals surface area contributed by atoms with Crippen LogP contribution in [0.25, 0.3) is 10.9 Å².